The Morgan fingerprint density at radius 1 is 0.893 bits per heavy atom. The maximum absolute atomic E-state index is 13.0. The number of carboxylic acid groups (broad SMARTS) is 1. The van der Waals surface area contributed by atoms with Gasteiger partial charge in [-0.05, 0) is 29.3 Å². The van der Waals surface area contributed by atoms with E-state index in [2.05, 4.69) is 4.98 Å². The van der Waals surface area contributed by atoms with E-state index >= 15 is 0 Å². The molecule has 1 atom stereocenters. The topological polar surface area (TPSA) is 90.5 Å². The number of aromatic nitrogens is 1. The highest BCUT2D eigenvalue weighted by Gasteiger charge is 2.34. The molecule has 2 heterocycles. The van der Waals surface area contributed by atoms with Crippen molar-refractivity contribution in [3.05, 3.63) is 94.8 Å². The lowest BCUT2D eigenvalue weighted by Gasteiger charge is -2.34. The average Bonchev–Trinajstić information content (AvgIpc) is 3.26. The van der Waals surface area contributed by atoms with Gasteiger partial charge in [-0.2, -0.15) is 0 Å². The van der Waals surface area contributed by atoms with E-state index in [0.717, 1.165) is 11.1 Å². The Hall–Kier alpha value is -3.67. The van der Waals surface area contributed by atoms with Gasteiger partial charge in [-0.1, -0.05) is 36.4 Å². The minimum absolute atomic E-state index is 0.143. The third kappa shape index (κ3) is 3.20. The summed E-state index contributed by atoms with van der Waals surface area (Å²) in [5.41, 5.74) is 3.27. The number of nitrogens with zero attached hydrogens (tertiary/aromatic N) is 1. The number of amides is 1. The van der Waals surface area contributed by atoms with Crippen molar-refractivity contribution in [2.45, 2.75) is 19.0 Å². The summed E-state index contributed by atoms with van der Waals surface area (Å²) in [6.45, 7) is 0.246. The Kier molecular flexibility index (Phi) is 4.53. The monoisotopic (exact) mass is 374 g/mol. The van der Waals surface area contributed by atoms with Gasteiger partial charge in [-0.3, -0.25) is 9.59 Å². The first-order chi connectivity index (χ1) is 13.5. The Labute approximate surface area is 161 Å². The van der Waals surface area contributed by atoms with Crippen LogP contribution in [-0.2, 0) is 17.8 Å². The first-order valence-corrected chi connectivity index (χ1v) is 8.92. The minimum Gasteiger partial charge on any atom is -0.480 e. The first-order valence-electron chi connectivity index (χ1n) is 8.92. The lowest BCUT2D eigenvalue weighted by molar-refractivity contribution is -0.142. The Morgan fingerprint density at radius 2 is 1.57 bits per heavy atom. The molecule has 0 radical (unpaired) electrons. The van der Waals surface area contributed by atoms with Gasteiger partial charge in [0.2, 0.25) is 0 Å². The van der Waals surface area contributed by atoms with E-state index in [1.54, 1.807) is 42.7 Å². The van der Waals surface area contributed by atoms with Crippen molar-refractivity contribution in [1.82, 2.24) is 9.88 Å². The molecule has 2 N–H and O–H groups in total. The molecule has 1 aliphatic rings. The van der Waals surface area contributed by atoms with Crippen LogP contribution in [0.1, 0.15) is 37.4 Å². The number of hydrogen-bond donors (Lipinski definition) is 2. The Balaban J connectivity index is 1.59. The maximum Gasteiger partial charge on any atom is 0.326 e. The molecule has 3 aromatic rings. The van der Waals surface area contributed by atoms with E-state index < -0.39 is 12.0 Å². The molecule has 0 fully saturated rings. The van der Waals surface area contributed by atoms with Gasteiger partial charge in [0.05, 0.1) is 0 Å². The van der Waals surface area contributed by atoms with E-state index in [0.29, 0.717) is 16.7 Å². The lowest BCUT2D eigenvalue weighted by atomic mass is 9.93. The largest absolute Gasteiger partial charge is 0.480 e. The molecular weight excluding hydrogens is 356 g/mol. The van der Waals surface area contributed by atoms with E-state index in [4.69, 9.17) is 0 Å². The SMILES string of the molecule is O=C(c1ccc(C(=O)N2Cc3ccccc3C[C@H]2C(=O)O)cc1)c1cc[nH]c1. The van der Waals surface area contributed by atoms with Crippen molar-refractivity contribution in [3.63, 3.8) is 0 Å². The number of rotatable bonds is 4. The molecule has 6 nitrogen and oxygen atoms in total. The number of nitrogens with one attached hydrogen (secondary N) is 1. The van der Waals surface area contributed by atoms with Gasteiger partial charge in [0, 0.05) is 42.0 Å². The van der Waals surface area contributed by atoms with Crippen LogP contribution in [0.3, 0.4) is 0 Å². The highest BCUT2D eigenvalue weighted by molar-refractivity contribution is 6.09. The normalized spacial score (nSPS) is 15.7. The summed E-state index contributed by atoms with van der Waals surface area (Å²) in [7, 11) is 0. The number of aliphatic carboxylic acids is 1. The summed E-state index contributed by atoms with van der Waals surface area (Å²) in [4.78, 5) is 41.3. The number of carboxylic acids is 1. The van der Waals surface area contributed by atoms with Crippen LogP contribution in [0.25, 0.3) is 0 Å². The molecule has 4 rings (SSSR count). The van der Waals surface area contributed by atoms with Crippen LogP contribution in [0, 0.1) is 0 Å². The summed E-state index contributed by atoms with van der Waals surface area (Å²) in [5.74, 6) is -1.53. The zero-order chi connectivity index (χ0) is 19.7. The molecule has 140 valence electrons. The van der Waals surface area contributed by atoms with Crippen LogP contribution >= 0.6 is 0 Å². The van der Waals surface area contributed by atoms with E-state index in [1.165, 1.54) is 4.90 Å². The lowest BCUT2D eigenvalue weighted by Crippen LogP contribution is -2.48. The number of hydrogen-bond acceptors (Lipinski definition) is 3. The van der Waals surface area contributed by atoms with Gasteiger partial charge in [-0.15, -0.1) is 0 Å². The number of ketones is 1. The van der Waals surface area contributed by atoms with Gasteiger partial charge in [0.15, 0.2) is 5.78 Å². The summed E-state index contributed by atoms with van der Waals surface area (Å²) >= 11 is 0. The van der Waals surface area contributed by atoms with E-state index in [1.807, 2.05) is 24.3 Å². The van der Waals surface area contributed by atoms with Gasteiger partial charge >= 0.3 is 5.97 Å². The minimum atomic E-state index is -1.03. The molecule has 0 aliphatic carbocycles. The van der Waals surface area contributed by atoms with Crippen LogP contribution in [-0.4, -0.2) is 38.7 Å². The molecule has 1 aromatic heterocycles. The van der Waals surface area contributed by atoms with Gasteiger partial charge in [0.1, 0.15) is 6.04 Å². The third-order valence-corrected chi connectivity index (χ3v) is 5.05. The Morgan fingerprint density at radius 3 is 2.21 bits per heavy atom. The second kappa shape index (κ2) is 7.15. The predicted molar refractivity (Wildman–Crippen MR) is 102 cm³/mol. The van der Waals surface area contributed by atoms with Crippen LogP contribution in [0.4, 0.5) is 0 Å². The van der Waals surface area contributed by atoms with Crippen molar-refractivity contribution in [2.75, 3.05) is 0 Å². The first kappa shape index (κ1) is 17.7. The number of fused-ring (bicyclic) bond motifs is 1. The maximum atomic E-state index is 13.0. The molecule has 28 heavy (non-hydrogen) atoms. The third-order valence-electron chi connectivity index (χ3n) is 5.05. The zero-order valence-electron chi connectivity index (χ0n) is 15.0. The van der Waals surface area contributed by atoms with Gasteiger partial charge in [0.25, 0.3) is 5.91 Å². The summed E-state index contributed by atoms with van der Waals surface area (Å²) in [6.07, 6.45) is 3.57. The van der Waals surface area contributed by atoms with Gasteiger partial charge < -0.3 is 15.0 Å². The fourth-order valence-corrected chi connectivity index (χ4v) is 3.52. The fraction of sp³-hybridized carbons (Fsp3) is 0.136. The molecule has 0 spiro atoms. The standard InChI is InChI=1S/C22H18N2O4/c25-20(17-9-10-23-12-17)14-5-7-15(8-6-14)21(26)24-13-18-4-2-1-3-16(18)11-19(24)22(27)28/h1-10,12,19,23H,11,13H2,(H,27,28)/t19-/m0/s1. The fourth-order valence-electron chi connectivity index (χ4n) is 3.52. The molecule has 2 aromatic carbocycles. The van der Waals surface area contributed by atoms with Crippen LogP contribution < -0.4 is 0 Å². The summed E-state index contributed by atoms with van der Waals surface area (Å²) in [5, 5.41) is 9.61. The average molecular weight is 374 g/mol. The van der Waals surface area contributed by atoms with E-state index in [9.17, 15) is 19.5 Å². The molecule has 0 saturated heterocycles. The quantitative estimate of drug-likeness (QED) is 0.687. The van der Waals surface area contributed by atoms with Gasteiger partial charge in [-0.25, -0.2) is 4.79 Å². The highest BCUT2D eigenvalue weighted by atomic mass is 16.4. The van der Waals surface area contributed by atoms with Crippen LogP contribution in [0.15, 0.2) is 67.0 Å². The van der Waals surface area contributed by atoms with E-state index in [-0.39, 0.29) is 24.7 Å². The molecule has 0 unspecified atom stereocenters. The van der Waals surface area contributed by atoms with Crippen LogP contribution in [0.5, 0.6) is 0 Å². The second-order valence-electron chi connectivity index (χ2n) is 6.77. The predicted octanol–water partition coefficient (Wildman–Crippen LogP) is 2.90. The molecule has 0 bridgehead atoms. The molecular formula is C22H18N2O4. The number of carbonyl (C=O) groups is 3. The molecule has 1 aliphatic heterocycles. The summed E-state index contributed by atoms with van der Waals surface area (Å²) in [6, 6.07) is 14.7. The molecule has 1 amide bonds. The molecule has 0 saturated carbocycles. The van der Waals surface area contributed by atoms with Crippen molar-refractivity contribution >= 4 is 17.7 Å². The summed E-state index contributed by atoms with van der Waals surface area (Å²) < 4.78 is 0. The van der Waals surface area contributed by atoms with Crippen molar-refractivity contribution in [3.8, 4) is 0 Å². The Bertz CT molecular complexity index is 1040. The number of aromatic amines is 1. The second-order valence-corrected chi connectivity index (χ2v) is 6.77. The number of benzene rings is 2. The highest BCUT2D eigenvalue weighted by Crippen LogP contribution is 2.25. The molecule has 6 heteroatoms. The zero-order valence-corrected chi connectivity index (χ0v) is 15.0. The number of carbonyl (C=O) groups excluding carboxylic acids is 2. The van der Waals surface area contributed by atoms with Crippen molar-refractivity contribution < 1.29 is 19.5 Å². The number of H-pyrrole nitrogens is 1. The van der Waals surface area contributed by atoms with Crippen molar-refractivity contribution in [2.24, 2.45) is 0 Å². The van der Waals surface area contributed by atoms with Crippen molar-refractivity contribution in [1.29, 1.82) is 0 Å². The van der Waals surface area contributed by atoms with Crippen LogP contribution in [0.2, 0.25) is 0 Å². The smallest absolute Gasteiger partial charge is 0.326 e.